The van der Waals surface area contributed by atoms with E-state index < -0.39 is 6.10 Å². The molecule has 0 aromatic heterocycles. The standard InChI is InChI=1S/C15H13Cl2FO/c1-8-5-10(6-9(2)14(8)18)15(19)12-4-3-11(16)7-13(12)17/h3-7,15,19H,1-2H3. The summed E-state index contributed by atoms with van der Waals surface area (Å²) in [5, 5.41) is 11.2. The Morgan fingerprint density at radius 2 is 1.63 bits per heavy atom. The predicted molar refractivity (Wildman–Crippen MR) is 76.4 cm³/mol. The highest BCUT2D eigenvalue weighted by Gasteiger charge is 2.16. The van der Waals surface area contributed by atoms with Gasteiger partial charge in [0.05, 0.1) is 0 Å². The Kier molecular flexibility index (Phi) is 4.14. The van der Waals surface area contributed by atoms with Crippen LogP contribution >= 0.6 is 23.2 Å². The number of aliphatic hydroxyl groups is 1. The summed E-state index contributed by atoms with van der Waals surface area (Å²) in [6.07, 6.45) is -0.900. The molecule has 19 heavy (non-hydrogen) atoms. The van der Waals surface area contributed by atoms with Gasteiger partial charge in [-0.05, 0) is 42.7 Å². The van der Waals surface area contributed by atoms with Gasteiger partial charge in [0.1, 0.15) is 11.9 Å². The molecule has 1 nitrogen and oxygen atoms in total. The van der Waals surface area contributed by atoms with Gasteiger partial charge in [0, 0.05) is 15.6 Å². The number of hydrogen-bond acceptors (Lipinski definition) is 1. The molecule has 0 amide bonds. The first kappa shape index (κ1) is 14.3. The van der Waals surface area contributed by atoms with Gasteiger partial charge in [0.2, 0.25) is 0 Å². The molecule has 0 bridgehead atoms. The molecule has 2 aromatic carbocycles. The number of aliphatic hydroxyl groups excluding tert-OH is 1. The molecule has 1 N–H and O–H groups in total. The predicted octanol–water partition coefficient (Wildman–Crippen LogP) is 4.83. The molecule has 0 aliphatic heterocycles. The van der Waals surface area contributed by atoms with Gasteiger partial charge in [0.25, 0.3) is 0 Å². The number of benzene rings is 2. The summed E-state index contributed by atoms with van der Waals surface area (Å²) >= 11 is 11.9. The molecule has 0 radical (unpaired) electrons. The molecule has 0 aliphatic carbocycles. The van der Waals surface area contributed by atoms with Crippen molar-refractivity contribution in [2.45, 2.75) is 20.0 Å². The molecule has 0 spiro atoms. The fourth-order valence-corrected chi connectivity index (χ4v) is 2.55. The van der Waals surface area contributed by atoms with Gasteiger partial charge in [-0.25, -0.2) is 4.39 Å². The SMILES string of the molecule is Cc1cc(C(O)c2ccc(Cl)cc2Cl)cc(C)c1F. The molecule has 4 heteroatoms. The largest absolute Gasteiger partial charge is 0.384 e. The quantitative estimate of drug-likeness (QED) is 0.842. The fourth-order valence-electron chi connectivity index (χ4n) is 2.04. The van der Waals surface area contributed by atoms with Gasteiger partial charge in [-0.1, -0.05) is 41.4 Å². The maximum Gasteiger partial charge on any atom is 0.129 e. The van der Waals surface area contributed by atoms with Crippen molar-refractivity contribution >= 4 is 23.2 Å². The van der Waals surface area contributed by atoms with Gasteiger partial charge in [0.15, 0.2) is 0 Å². The fraction of sp³-hybridized carbons (Fsp3) is 0.200. The lowest BCUT2D eigenvalue weighted by Crippen LogP contribution is -2.03. The lowest BCUT2D eigenvalue weighted by atomic mass is 9.97. The van der Waals surface area contributed by atoms with Gasteiger partial charge in [-0.2, -0.15) is 0 Å². The van der Waals surface area contributed by atoms with Crippen LogP contribution in [0.15, 0.2) is 30.3 Å². The van der Waals surface area contributed by atoms with E-state index in [-0.39, 0.29) is 5.82 Å². The molecular formula is C15H13Cl2FO. The van der Waals surface area contributed by atoms with Crippen LogP contribution in [0.4, 0.5) is 4.39 Å². The number of hydrogen-bond donors (Lipinski definition) is 1. The Bertz CT molecular complexity index is 603. The summed E-state index contributed by atoms with van der Waals surface area (Å²) in [5.41, 5.74) is 2.16. The van der Waals surface area contributed by atoms with Crippen molar-refractivity contribution in [3.63, 3.8) is 0 Å². The maximum absolute atomic E-state index is 13.6. The van der Waals surface area contributed by atoms with E-state index in [1.807, 2.05) is 0 Å². The highest BCUT2D eigenvalue weighted by atomic mass is 35.5. The summed E-state index contributed by atoms with van der Waals surface area (Å²) in [6, 6.07) is 8.15. The van der Waals surface area contributed by atoms with Crippen molar-refractivity contribution in [1.29, 1.82) is 0 Å². The zero-order chi connectivity index (χ0) is 14.2. The second-order valence-corrected chi connectivity index (χ2v) is 5.38. The van der Waals surface area contributed by atoms with Crippen LogP contribution in [-0.4, -0.2) is 5.11 Å². The van der Waals surface area contributed by atoms with E-state index in [1.165, 1.54) is 0 Å². The van der Waals surface area contributed by atoms with Crippen molar-refractivity contribution in [1.82, 2.24) is 0 Å². The molecule has 0 aliphatic rings. The molecule has 1 atom stereocenters. The second kappa shape index (κ2) is 5.49. The van der Waals surface area contributed by atoms with Crippen LogP contribution in [0, 0.1) is 19.7 Å². The smallest absolute Gasteiger partial charge is 0.129 e. The molecular weight excluding hydrogens is 286 g/mol. The van der Waals surface area contributed by atoms with E-state index in [0.717, 1.165) is 0 Å². The van der Waals surface area contributed by atoms with Crippen molar-refractivity contribution in [2.24, 2.45) is 0 Å². The summed E-state index contributed by atoms with van der Waals surface area (Å²) in [5.74, 6) is -0.252. The topological polar surface area (TPSA) is 20.2 Å². The van der Waals surface area contributed by atoms with Crippen LogP contribution in [0.5, 0.6) is 0 Å². The van der Waals surface area contributed by atoms with Crippen LogP contribution in [0.1, 0.15) is 28.4 Å². The van der Waals surface area contributed by atoms with Gasteiger partial charge in [-0.15, -0.1) is 0 Å². The number of halogens is 3. The zero-order valence-electron chi connectivity index (χ0n) is 10.5. The Hall–Kier alpha value is -1.09. The van der Waals surface area contributed by atoms with Crippen LogP contribution in [-0.2, 0) is 0 Å². The zero-order valence-corrected chi connectivity index (χ0v) is 12.1. The molecule has 2 rings (SSSR count). The van der Waals surface area contributed by atoms with E-state index in [9.17, 15) is 9.50 Å². The molecule has 100 valence electrons. The third-order valence-electron chi connectivity index (χ3n) is 3.03. The van der Waals surface area contributed by atoms with Crippen molar-refractivity contribution < 1.29 is 9.50 Å². The highest BCUT2D eigenvalue weighted by molar-refractivity contribution is 6.35. The lowest BCUT2D eigenvalue weighted by Gasteiger charge is -2.15. The molecule has 0 saturated carbocycles. The Labute approximate surface area is 121 Å². The summed E-state index contributed by atoms with van der Waals surface area (Å²) in [4.78, 5) is 0. The summed E-state index contributed by atoms with van der Waals surface area (Å²) in [6.45, 7) is 3.34. The molecule has 0 heterocycles. The van der Waals surface area contributed by atoms with E-state index in [1.54, 1.807) is 44.2 Å². The third kappa shape index (κ3) is 2.92. The highest BCUT2D eigenvalue weighted by Crippen LogP contribution is 2.31. The minimum atomic E-state index is -0.900. The molecule has 0 saturated heterocycles. The monoisotopic (exact) mass is 298 g/mol. The normalized spacial score (nSPS) is 12.5. The van der Waals surface area contributed by atoms with E-state index in [4.69, 9.17) is 23.2 Å². The van der Waals surface area contributed by atoms with Crippen LogP contribution in [0.3, 0.4) is 0 Å². The average Bonchev–Trinajstić information content (AvgIpc) is 2.34. The van der Waals surface area contributed by atoms with E-state index in [0.29, 0.717) is 32.3 Å². The third-order valence-corrected chi connectivity index (χ3v) is 3.59. The molecule has 1 unspecified atom stereocenters. The first-order valence-electron chi connectivity index (χ1n) is 5.80. The van der Waals surface area contributed by atoms with E-state index in [2.05, 4.69) is 0 Å². The lowest BCUT2D eigenvalue weighted by molar-refractivity contribution is 0.220. The minimum Gasteiger partial charge on any atom is -0.384 e. The first-order chi connectivity index (χ1) is 8.90. The van der Waals surface area contributed by atoms with Crippen LogP contribution in [0.25, 0.3) is 0 Å². The summed E-state index contributed by atoms with van der Waals surface area (Å²) < 4.78 is 13.6. The Balaban J connectivity index is 2.47. The van der Waals surface area contributed by atoms with Crippen molar-refractivity contribution in [2.75, 3.05) is 0 Å². The van der Waals surface area contributed by atoms with Gasteiger partial charge >= 0.3 is 0 Å². The Morgan fingerprint density at radius 3 is 2.16 bits per heavy atom. The first-order valence-corrected chi connectivity index (χ1v) is 6.55. The number of rotatable bonds is 2. The van der Waals surface area contributed by atoms with Gasteiger partial charge < -0.3 is 5.11 Å². The summed E-state index contributed by atoms with van der Waals surface area (Å²) in [7, 11) is 0. The van der Waals surface area contributed by atoms with Crippen molar-refractivity contribution in [3.8, 4) is 0 Å². The van der Waals surface area contributed by atoms with Crippen LogP contribution in [0.2, 0.25) is 10.0 Å². The number of aryl methyl sites for hydroxylation is 2. The van der Waals surface area contributed by atoms with E-state index >= 15 is 0 Å². The minimum absolute atomic E-state index is 0.252. The second-order valence-electron chi connectivity index (χ2n) is 4.54. The van der Waals surface area contributed by atoms with Crippen LogP contribution < -0.4 is 0 Å². The average molecular weight is 299 g/mol. The molecule has 0 fully saturated rings. The van der Waals surface area contributed by atoms with Gasteiger partial charge in [-0.3, -0.25) is 0 Å². The molecule has 2 aromatic rings. The van der Waals surface area contributed by atoms with Crippen molar-refractivity contribution in [3.05, 3.63) is 68.4 Å². The maximum atomic E-state index is 13.6. The Morgan fingerprint density at radius 1 is 1.05 bits per heavy atom.